The summed E-state index contributed by atoms with van der Waals surface area (Å²) in [6, 6.07) is 23.2. The summed E-state index contributed by atoms with van der Waals surface area (Å²) in [5, 5.41) is 3.50. The molecule has 3 nitrogen and oxygen atoms in total. The number of halogens is 2. The first-order chi connectivity index (χ1) is 12.7. The third kappa shape index (κ3) is 3.30. The fraction of sp³-hybridized carbons (Fsp3) is 0.0476. The molecule has 0 fully saturated rings. The van der Waals surface area contributed by atoms with Gasteiger partial charge >= 0.3 is 0 Å². The highest BCUT2D eigenvalue weighted by molar-refractivity contribution is 5.74. The third-order valence-electron chi connectivity index (χ3n) is 4.22. The van der Waals surface area contributed by atoms with Crippen molar-refractivity contribution in [2.75, 3.05) is 16.6 Å². The minimum atomic E-state index is -0.629. The number of hydrazine groups is 2. The molecule has 0 aromatic heterocycles. The Morgan fingerprint density at radius 2 is 1.50 bits per heavy atom. The fourth-order valence-corrected chi connectivity index (χ4v) is 2.94. The van der Waals surface area contributed by atoms with Crippen molar-refractivity contribution >= 4 is 16.9 Å². The van der Waals surface area contributed by atoms with Crippen LogP contribution in [-0.2, 0) is 0 Å². The van der Waals surface area contributed by atoms with Crippen LogP contribution >= 0.6 is 0 Å². The van der Waals surface area contributed by atoms with Crippen molar-refractivity contribution < 1.29 is 8.78 Å². The van der Waals surface area contributed by atoms with Gasteiger partial charge in [0.05, 0.1) is 17.9 Å². The van der Waals surface area contributed by atoms with Gasteiger partial charge in [-0.25, -0.2) is 8.78 Å². The summed E-state index contributed by atoms with van der Waals surface area (Å²) in [5.41, 5.74) is 6.43. The van der Waals surface area contributed by atoms with Crippen molar-refractivity contribution in [3.8, 4) is 0 Å². The van der Waals surface area contributed by atoms with E-state index >= 15 is 0 Å². The lowest BCUT2D eigenvalue weighted by atomic mass is 10.1. The molecular weight excluding hydrogens is 332 g/mol. The number of para-hydroxylation sites is 1. The SMILES string of the molecule is Fc1ccc(N2C=C(c3ccccc3)CN(c3ccccc3)N2)c(F)c1. The topological polar surface area (TPSA) is 18.5 Å². The number of anilines is 2. The van der Waals surface area contributed by atoms with E-state index in [1.165, 1.54) is 12.1 Å². The van der Waals surface area contributed by atoms with Gasteiger partial charge in [-0.1, -0.05) is 48.5 Å². The van der Waals surface area contributed by atoms with Crippen LogP contribution in [-0.4, -0.2) is 6.54 Å². The first kappa shape index (κ1) is 16.3. The van der Waals surface area contributed by atoms with Crippen LogP contribution < -0.4 is 15.6 Å². The second kappa shape index (κ2) is 6.98. The van der Waals surface area contributed by atoms with Gasteiger partial charge in [0, 0.05) is 12.3 Å². The van der Waals surface area contributed by atoms with Gasteiger partial charge in [0.15, 0.2) is 5.82 Å². The molecule has 0 amide bonds. The quantitative estimate of drug-likeness (QED) is 0.736. The molecule has 1 aliphatic heterocycles. The molecule has 0 radical (unpaired) electrons. The maximum atomic E-state index is 14.3. The zero-order valence-electron chi connectivity index (χ0n) is 13.9. The number of nitrogens with one attached hydrogen (secondary N) is 1. The van der Waals surface area contributed by atoms with Crippen LogP contribution in [0.5, 0.6) is 0 Å². The lowest BCUT2D eigenvalue weighted by Gasteiger charge is -2.37. The van der Waals surface area contributed by atoms with E-state index in [2.05, 4.69) is 5.53 Å². The van der Waals surface area contributed by atoms with Crippen molar-refractivity contribution in [3.63, 3.8) is 0 Å². The van der Waals surface area contributed by atoms with Gasteiger partial charge in [0.2, 0.25) is 0 Å². The Labute approximate surface area is 150 Å². The van der Waals surface area contributed by atoms with Crippen LogP contribution in [0.15, 0.2) is 85.1 Å². The normalized spacial score (nSPS) is 14.3. The van der Waals surface area contributed by atoms with E-state index in [4.69, 9.17) is 0 Å². The second-order valence-electron chi connectivity index (χ2n) is 6.01. The molecule has 3 aromatic rings. The largest absolute Gasteiger partial charge is 0.286 e. The Morgan fingerprint density at radius 3 is 2.19 bits per heavy atom. The Kier molecular flexibility index (Phi) is 4.37. The van der Waals surface area contributed by atoms with Gasteiger partial charge in [0.1, 0.15) is 5.82 Å². The van der Waals surface area contributed by atoms with Gasteiger partial charge in [-0.15, -0.1) is 5.53 Å². The summed E-state index contributed by atoms with van der Waals surface area (Å²) in [6.07, 6.45) is 1.84. The molecule has 5 heteroatoms. The maximum Gasteiger partial charge on any atom is 0.151 e. The van der Waals surface area contributed by atoms with Crippen molar-refractivity contribution in [2.45, 2.75) is 0 Å². The number of rotatable bonds is 3. The molecule has 4 rings (SSSR count). The molecule has 130 valence electrons. The number of benzene rings is 3. The van der Waals surface area contributed by atoms with E-state index in [9.17, 15) is 8.78 Å². The Hall–Kier alpha value is -3.18. The van der Waals surface area contributed by atoms with Gasteiger partial charge in [-0.2, -0.15) is 0 Å². The molecule has 3 aromatic carbocycles. The molecule has 1 heterocycles. The molecule has 0 aliphatic carbocycles. The zero-order valence-corrected chi connectivity index (χ0v) is 13.9. The van der Waals surface area contributed by atoms with Gasteiger partial charge in [0.25, 0.3) is 0 Å². The predicted octanol–water partition coefficient (Wildman–Crippen LogP) is 4.75. The first-order valence-electron chi connectivity index (χ1n) is 8.30. The zero-order chi connectivity index (χ0) is 17.9. The van der Waals surface area contributed by atoms with Gasteiger partial charge in [-0.05, 0) is 35.4 Å². The Balaban J connectivity index is 1.76. The number of hydrogen-bond acceptors (Lipinski definition) is 3. The maximum absolute atomic E-state index is 14.3. The Bertz CT molecular complexity index is 927. The molecule has 1 aliphatic rings. The van der Waals surface area contributed by atoms with E-state index in [-0.39, 0.29) is 5.69 Å². The average Bonchev–Trinajstić information content (AvgIpc) is 2.69. The van der Waals surface area contributed by atoms with Crippen molar-refractivity contribution in [1.82, 2.24) is 5.53 Å². The number of nitrogens with zero attached hydrogens (tertiary/aromatic N) is 2. The lowest BCUT2D eigenvalue weighted by molar-refractivity contribution is 0.569. The highest BCUT2D eigenvalue weighted by Crippen LogP contribution is 2.27. The standard InChI is InChI=1S/C21H17F2N3/c22-18-11-12-21(20(23)13-18)26-15-17(16-7-3-1-4-8-16)14-25(24-26)19-9-5-2-6-10-19/h1-13,15,24H,14H2. The summed E-state index contributed by atoms with van der Waals surface area (Å²) in [7, 11) is 0. The Morgan fingerprint density at radius 1 is 0.808 bits per heavy atom. The highest BCUT2D eigenvalue weighted by Gasteiger charge is 2.22. The third-order valence-corrected chi connectivity index (χ3v) is 4.22. The van der Waals surface area contributed by atoms with Crippen molar-refractivity contribution in [2.24, 2.45) is 0 Å². The van der Waals surface area contributed by atoms with Crippen LogP contribution in [0.2, 0.25) is 0 Å². The molecule has 0 saturated heterocycles. The molecular formula is C21H17F2N3. The van der Waals surface area contributed by atoms with Crippen LogP contribution in [0, 0.1) is 11.6 Å². The van der Waals surface area contributed by atoms with E-state index in [1.54, 1.807) is 5.01 Å². The lowest BCUT2D eigenvalue weighted by Crippen LogP contribution is -2.52. The summed E-state index contributed by atoms with van der Waals surface area (Å²) in [4.78, 5) is 0. The summed E-state index contributed by atoms with van der Waals surface area (Å²) in [6.45, 7) is 0.605. The minimum absolute atomic E-state index is 0.250. The van der Waals surface area contributed by atoms with Crippen LogP contribution in [0.3, 0.4) is 0 Å². The summed E-state index contributed by atoms with van der Waals surface area (Å²) >= 11 is 0. The van der Waals surface area contributed by atoms with E-state index in [0.717, 1.165) is 22.9 Å². The van der Waals surface area contributed by atoms with Crippen LogP contribution in [0.25, 0.3) is 5.57 Å². The molecule has 1 N–H and O–H groups in total. The van der Waals surface area contributed by atoms with Gasteiger partial charge in [-0.3, -0.25) is 10.0 Å². The molecule has 26 heavy (non-hydrogen) atoms. The molecule has 0 saturated carbocycles. The smallest absolute Gasteiger partial charge is 0.151 e. The highest BCUT2D eigenvalue weighted by atomic mass is 19.1. The van der Waals surface area contributed by atoms with Crippen LogP contribution in [0.1, 0.15) is 5.56 Å². The molecule has 0 spiro atoms. The van der Waals surface area contributed by atoms with Crippen molar-refractivity contribution in [1.29, 1.82) is 0 Å². The van der Waals surface area contributed by atoms with Gasteiger partial charge < -0.3 is 0 Å². The van der Waals surface area contributed by atoms with Crippen molar-refractivity contribution in [3.05, 3.63) is 102 Å². The minimum Gasteiger partial charge on any atom is -0.286 e. The molecule has 0 unspecified atom stereocenters. The second-order valence-corrected chi connectivity index (χ2v) is 6.01. The molecule has 0 bridgehead atoms. The van der Waals surface area contributed by atoms with E-state index in [1.807, 2.05) is 71.9 Å². The van der Waals surface area contributed by atoms with E-state index in [0.29, 0.717) is 6.54 Å². The average molecular weight is 349 g/mol. The van der Waals surface area contributed by atoms with Crippen LogP contribution in [0.4, 0.5) is 20.2 Å². The molecule has 0 atom stereocenters. The van der Waals surface area contributed by atoms with E-state index < -0.39 is 11.6 Å². The number of hydrogen-bond donors (Lipinski definition) is 1. The summed E-state index contributed by atoms with van der Waals surface area (Å²) < 4.78 is 27.6. The first-order valence-corrected chi connectivity index (χ1v) is 8.30. The monoisotopic (exact) mass is 349 g/mol. The summed E-state index contributed by atoms with van der Waals surface area (Å²) in [5.74, 6) is -1.23. The fourth-order valence-electron chi connectivity index (χ4n) is 2.94. The predicted molar refractivity (Wildman–Crippen MR) is 100 cm³/mol.